The van der Waals surface area contributed by atoms with Gasteiger partial charge in [0.1, 0.15) is 5.75 Å². The molecule has 2 aromatic carbocycles. The molecule has 0 radical (unpaired) electrons. The van der Waals surface area contributed by atoms with Crippen molar-refractivity contribution in [2.24, 2.45) is 11.8 Å². The van der Waals surface area contributed by atoms with Gasteiger partial charge in [-0.3, -0.25) is 9.59 Å². The van der Waals surface area contributed by atoms with Gasteiger partial charge in [-0.15, -0.1) is 0 Å². The number of para-hydroxylation sites is 1. The van der Waals surface area contributed by atoms with Crippen molar-refractivity contribution in [1.29, 1.82) is 0 Å². The monoisotopic (exact) mass is 422 g/mol. The lowest BCUT2D eigenvalue weighted by atomic mass is 9.88. The highest BCUT2D eigenvalue weighted by molar-refractivity contribution is 5.81. The fraction of sp³-hybridized carbons (Fsp3) is 0.462. The molecule has 0 aliphatic carbocycles. The maximum Gasteiger partial charge on any atom is 0.226 e. The largest absolute Gasteiger partial charge is 0.493 e. The van der Waals surface area contributed by atoms with Crippen molar-refractivity contribution >= 4 is 11.8 Å². The summed E-state index contributed by atoms with van der Waals surface area (Å²) < 4.78 is 5.64. The van der Waals surface area contributed by atoms with Gasteiger partial charge in [-0.25, -0.2) is 0 Å². The summed E-state index contributed by atoms with van der Waals surface area (Å²) >= 11 is 0. The Labute approximate surface area is 185 Å². The van der Waals surface area contributed by atoms with Crippen molar-refractivity contribution in [1.82, 2.24) is 10.2 Å². The standard InChI is InChI=1S/C26H34N2O3/c1-20(2)24(21-10-5-3-6-11-21)18-27-26(30)22-12-9-16-28(19-22)25(29)15-17-31-23-13-7-4-8-14-23/h3-8,10-11,13-14,20,22,24H,9,12,15-19H2,1-2H3,(H,27,30). The molecule has 5 heteroatoms. The van der Waals surface area contributed by atoms with Crippen LogP contribution in [0.2, 0.25) is 0 Å². The lowest BCUT2D eigenvalue weighted by Crippen LogP contribution is -2.46. The number of hydrogen-bond donors (Lipinski definition) is 1. The van der Waals surface area contributed by atoms with E-state index in [-0.39, 0.29) is 23.7 Å². The summed E-state index contributed by atoms with van der Waals surface area (Å²) in [4.78, 5) is 27.3. The van der Waals surface area contributed by atoms with E-state index in [4.69, 9.17) is 4.74 Å². The number of amides is 2. The number of carbonyl (C=O) groups is 2. The van der Waals surface area contributed by atoms with Crippen LogP contribution in [-0.4, -0.2) is 43.0 Å². The van der Waals surface area contributed by atoms with Gasteiger partial charge < -0.3 is 15.0 Å². The second-order valence-corrected chi connectivity index (χ2v) is 8.60. The van der Waals surface area contributed by atoms with Crippen LogP contribution in [0.25, 0.3) is 0 Å². The first-order chi connectivity index (χ1) is 15.0. The van der Waals surface area contributed by atoms with E-state index in [1.165, 1.54) is 5.56 Å². The molecule has 1 N–H and O–H groups in total. The van der Waals surface area contributed by atoms with Crippen LogP contribution in [0, 0.1) is 11.8 Å². The number of hydrogen-bond acceptors (Lipinski definition) is 3. The summed E-state index contributed by atoms with van der Waals surface area (Å²) in [6.07, 6.45) is 2.01. The molecule has 1 aliphatic heterocycles. The van der Waals surface area contributed by atoms with Gasteiger partial charge in [0.15, 0.2) is 0 Å². The zero-order valence-corrected chi connectivity index (χ0v) is 18.6. The molecule has 3 rings (SSSR count). The van der Waals surface area contributed by atoms with Crippen LogP contribution in [0.15, 0.2) is 60.7 Å². The summed E-state index contributed by atoms with van der Waals surface area (Å²) in [5, 5.41) is 3.15. The average Bonchev–Trinajstić information content (AvgIpc) is 2.80. The molecule has 1 fully saturated rings. The van der Waals surface area contributed by atoms with Crippen LogP contribution in [0.1, 0.15) is 44.6 Å². The Bertz CT molecular complexity index is 823. The number of piperidine rings is 1. The molecule has 2 aromatic rings. The molecule has 166 valence electrons. The molecule has 1 aliphatic rings. The highest BCUT2D eigenvalue weighted by atomic mass is 16.5. The topological polar surface area (TPSA) is 58.6 Å². The third-order valence-electron chi connectivity index (χ3n) is 6.00. The zero-order chi connectivity index (χ0) is 22.1. The molecule has 1 heterocycles. The second-order valence-electron chi connectivity index (χ2n) is 8.60. The van der Waals surface area contributed by atoms with Gasteiger partial charge in [-0.05, 0) is 36.5 Å². The van der Waals surface area contributed by atoms with E-state index in [1.54, 1.807) is 0 Å². The molecule has 1 saturated heterocycles. The molecular formula is C26H34N2O3. The Morgan fingerprint density at radius 1 is 1.06 bits per heavy atom. The Morgan fingerprint density at radius 3 is 2.42 bits per heavy atom. The molecule has 0 spiro atoms. The van der Waals surface area contributed by atoms with Crippen molar-refractivity contribution in [3.05, 3.63) is 66.2 Å². The number of nitrogens with one attached hydrogen (secondary N) is 1. The van der Waals surface area contributed by atoms with E-state index >= 15 is 0 Å². The van der Waals surface area contributed by atoms with Gasteiger partial charge in [0.05, 0.1) is 18.9 Å². The minimum Gasteiger partial charge on any atom is -0.493 e. The molecule has 5 nitrogen and oxygen atoms in total. The van der Waals surface area contributed by atoms with Crippen molar-refractivity contribution in [3.63, 3.8) is 0 Å². The van der Waals surface area contributed by atoms with Gasteiger partial charge in [0.25, 0.3) is 0 Å². The molecule has 31 heavy (non-hydrogen) atoms. The Balaban J connectivity index is 1.46. The summed E-state index contributed by atoms with van der Waals surface area (Å²) in [5.41, 5.74) is 1.25. The normalized spacial score (nSPS) is 17.3. The number of carbonyl (C=O) groups excluding carboxylic acids is 2. The van der Waals surface area contributed by atoms with E-state index in [2.05, 4.69) is 31.3 Å². The van der Waals surface area contributed by atoms with Gasteiger partial charge in [0.2, 0.25) is 11.8 Å². The minimum absolute atomic E-state index is 0.0535. The smallest absolute Gasteiger partial charge is 0.226 e. The molecule has 0 aromatic heterocycles. The Kier molecular flexibility index (Phi) is 8.51. The first-order valence-corrected chi connectivity index (χ1v) is 11.3. The molecule has 2 amide bonds. The third kappa shape index (κ3) is 6.84. The molecule has 0 bridgehead atoms. The fourth-order valence-electron chi connectivity index (χ4n) is 4.14. The summed E-state index contributed by atoms with van der Waals surface area (Å²) in [6, 6.07) is 19.8. The zero-order valence-electron chi connectivity index (χ0n) is 18.6. The van der Waals surface area contributed by atoms with Crippen LogP contribution in [0.5, 0.6) is 5.75 Å². The number of rotatable bonds is 9. The average molecular weight is 423 g/mol. The van der Waals surface area contributed by atoms with E-state index in [0.29, 0.717) is 38.6 Å². The number of likely N-dealkylation sites (tertiary alicyclic amines) is 1. The predicted molar refractivity (Wildman–Crippen MR) is 123 cm³/mol. The molecule has 0 saturated carbocycles. The third-order valence-corrected chi connectivity index (χ3v) is 6.00. The van der Waals surface area contributed by atoms with Crippen molar-refractivity contribution in [2.45, 2.75) is 39.0 Å². The number of benzene rings is 2. The van der Waals surface area contributed by atoms with Crippen LogP contribution in [0.3, 0.4) is 0 Å². The van der Waals surface area contributed by atoms with Gasteiger partial charge >= 0.3 is 0 Å². The van der Waals surface area contributed by atoms with E-state index in [1.807, 2.05) is 53.4 Å². The highest BCUT2D eigenvalue weighted by Gasteiger charge is 2.29. The first-order valence-electron chi connectivity index (χ1n) is 11.3. The van der Waals surface area contributed by atoms with Crippen molar-refractivity contribution in [3.8, 4) is 5.75 Å². The lowest BCUT2D eigenvalue weighted by Gasteiger charge is -2.32. The second kappa shape index (κ2) is 11.5. The van der Waals surface area contributed by atoms with Crippen molar-refractivity contribution in [2.75, 3.05) is 26.2 Å². The minimum atomic E-state index is -0.142. The predicted octanol–water partition coefficient (Wildman–Crippen LogP) is 4.25. The maximum absolute atomic E-state index is 12.8. The first kappa shape index (κ1) is 22.9. The van der Waals surface area contributed by atoms with Crippen LogP contribution in [0.4, 0.5) is 0 Å². The molecular weight excluding hydrogens is 388 g/mol. The van der Waals surface area contributed by atoms with E-state index < -0.39 is 0 Å². The molecule has 2 unspecified atom stereocenters. The SMILES string of the molecule is CC(C)C(CNC(=O)C1CCCN(C(=O)CCOc2ccccc2)C1)c1ccccc1. The quantitative estimate of drug-likeness (QED) is 0.657. The summed E-state index contributed by atoms with van der Waals surface area (Å²) in [5.74, 6) is 1.44. The maximum atomic E-state index is 12.8. The van der Waals surface area contributed by atoms with Crippen LogP contribution < -0.4 is 10.1 Å². The van der Waals surface area contributed by atoms with Crippen molar-refractivity contribution < 1.29 is 14.3 Å². The van der Waals surface area contributed by atoms with Gasteiger partial charge in [0, 0.05) is 25.6 Å². The van der Waals surface area contributed by atoms with E-state index in [9.17, 15) is 9.59 Å². The summed E-state index contributed by atoms with van der Waals surface area (Å²) in [6.45, 7) is 6.55. The lowest BCUT2D eigenvalue weighted by molar-refractivity contribution is -0.136. The highest BCUT2D eigenvalue weighted by Crippen LogP contribution is 2.24. The number of ether oxygens (including phenoxy) is 1. The van der Waals surface area contributed by atoms with Gasteiger partial charge in [-0.2, -0.15) is 0 Å². The molecule has 2 atom stereocenters. The fourth-order valence-corrected chi connectivity index (χ4v) is 4.14. The van der Waals surface area contributed by atoms with Crippen LogP contribution in [-0.2, 0) is 9.59 Å². The number of nitrogens with zero attached hydrogens (tertiary/aromatic N) is 1. The summed E-state index contributed by atoms with van der Waals surface area (Å²) in [7, 11) is 0. The van der Waals surface area contributed by atoms with Gasteiger partial charge in [-0.1, -0.05) is 62.4 Å². The Hall–Kier alpha value is -2.82. The van der Waals surface area contributed by atoms with Crippen LogP contribution >= 0.6 is 0 Å². The van der Waals surface area contributed by atoms with E-state index in [0.717, 1.165) is 18.6 Å². The Morgan fingerprint density at radius 2 is 1.74 bits per heavy atom.